The number of imidazole rings is 1. The molecule has 4 heteroatoms. The molecular weight excluding hydrogens is 210 g/mol. The molecule has 3 nitrogen and oxygen atoms in total. The molecule has 2 rings (SSSR count). The number of nitrogens with zero attached hydrogens (tertiary/aromatic N) is 2. The molecule has 0 aliphatic heterocycles. The Hall–Kier alpha value is -1.48. The zero-order valence-electron chi connectivity index (χ0n) is 8.66. The highest BCUT2D eigenvalue weighted by Crippen LogP contribution is 2.18. The Balaban J connectivity index is 2.48. The lowest BCUT2D eigenvalue weighted by molar-refractivity contribution is 1.05. The predicted octanol–water partition coefficient (Wildman–Crippen LogP) is 2.88. The molecule has 1 aromatic carbocycles. The number of rotatable bonds is 2. The summed E-state index contributed by atoms with van der Waals surface area (Å²) in [5.41, 5.74) is 2.03. The van der Waals surface area contributed by atoms with Crippen molar-refractivity contribution in [2.24, 2.45) is 0 Å². The molecule has 1 N–H and O–H groups in total. The minimum absolute atomic E-state index is 0.738. The van der Waals surface area contributed by atoms with Gasteiger partial charge in [-0.2, -0.15) is 0 Å². The molecule has 0 aliphatic rings. The van der Waals surface area contributed by atoms with Gasteiger partial charge in [0.25, 0.3) is 0 Å². The van der Waals surface area contributed by atoms with Crippen molar-refractivity contribution >= 4 is 17.5 Å². The maximum absolute atomic E-state index is 5.84. The van der Waals surface area contributed by atoms with Gasteiger partial charge < -0.3 is 5.32 Å². The van der Waals surface area contributed by atoms with Gasteiger partial charge in [0.1, 0.15) is 0 Å². The minimum Gasteiger partial charge on any atom is -0.358 e. The Morgan fingerprint density at radius 2 is 1.93 bits per heavy atom. The van der Waals surface area contributed by atoms with Gasteiger partial charge in [0.2, 0.25) is 5.95 Å². The van der Waals surface area contributed by atoms with Crippen molar-refractivity contribution < 1.29 is 0 Å². The smallest absolute Gasteiger partial charge is 0.207 e. The van der Waals surface area contributed by atoms with Crippen molar-refractivity contribution in [3.63, 3.8) is 0 Å². The van der Waals surface area contributed by atoms with E-state index in [1.165, 1.54) is 0 Å². The average molecular weight is 222 g/mol. The predicted molar refractivity (Wildman–Crippen MR) is 62.9 cm³/mol. The van der Waals surface area contributed by atoms with E-state index in [1.54, 1.807) is 0 Å². The van der Waals surface area contributed by atoms with Crippen molar-refractivity contribution in [1.29, 1.82) is 0 Å². The van der Waals surface area contributed by atoms with E-state index in [2.05, 4.69) is 10.3 Å². The van der Waals surface area contributed by atoms with Crippen molar-refractivity contribution in [3.05, 3.63) is 41.2 Å². The van der Waals surface area contributed by atoms with Crippen LogP contribution in [0.2, 0.25) is 5.02 Å². The first kappa shape index (κ1) is 10.1. The third-order valence-corrected chi connectivity index (χ3v) is 2.41. The monoisotopic (exact) mass is 221 g/mol. The maximum Gasteiger partial charge on any atom is 0.207 e. The number of hydrogen-bond donors (Lipinski definition) is 1. The highest BCUT2D eigenvalue weighted by molar-refractivity contribution is 6.30. The normalized spacial score (nSPS) is 10.3. The van der Waals surface area contributed by atoms with Gasteiger partial charge in [-0.3, -0.25) is 4.57 Å². The number of benzene rings is 1. The first-order valence-corrected chi connectivity index (χ1v) is 5.08. The number of aromatic nitrogens is 2. The zero-order chi connectivity index (χ0) is 10.8. The van der Waals surface area contributed by atoms with Gasteiger partial charge in [-0.25, -0.2) is 4.98 Å². The summed E-state index contributed by atoms with van der Waals surface area (Å²) in [5.74, 6) is 0.829. The fourth-order valence-electron chi connectivity index (χ4n) is 1.47. The summed E-state index contributed by atoms with van der Waals surface area (Å²) >= 11 is 5.84. The number of hydrogen-bond acceptors (Lipinski definition) is 2. The number of halogens is 1. The van der Waals surface area contributed by atoms with Crippen LogP contribution in [0.25, 0.3) is 5.69 Å². The Kier molecular flexibility index (Phi) is 2.64. The maximum atomic E-state index is 5.84. The molecule has 0 saturated heterocycles. The van der Waals surface area contributed by atoms with Crippen LogP contribution in [0.15, 0.2) is 30.5 Å². The SMILES string of the molecule is CNc1nc(C)cn1-c1ccc(Cl)cc1. The van der Waals surface area contributed by atoms with E-state index in [-0.39, 0.29) is 0 Å². The van der Waals surface area contributed by atoms with Gasteiger partial charge in [0, 0.05) is 24.0 Å². The van der Waals surface area contributed by atoms with Crippen LogP contribution in [0.4, 0.5) is 5.95 Å². The molecule has 0 unspecified atom stereocenters. The lowest BCUT2D eigenvalue weighted by Gasteiger charge is -2.06. The lowest BCUT2D eigenvalue weighted by atomic mass is 10.3. The van der Waals surface area contributed by atoms with Crippen LogP contribution in [0.5, 0.6) is 0 Å². The third kappa shape index (κ3) is 1.97. The second kappa shape index (κ2) is 3.95. The summed E-state index contributed by atoms with van der Waals surface area (Å²) in [4.78, 5) is 4.35. The molecule has 2 aromatic rings. The van der Waals surface area contributed by atoms with Crippen molar-refractivity contribution in [3.8, 4) is 5.69 Å². The lowest BCUT2D eigenvalue weighted by Crippen LogP contribution is -2.00. The Morgan fingerprint density at radius 3 is 2.53 bits per heavy atom. The highest BCUT2D eigenvalue weighted by Gasteiger charge is 2.04. The standard InChI is InChI=1S/C11H12ClN3/c1-8-7-15(11(13-2)14-8)10-5-3-9(12)4-6-10/h3-7H,1-2H3,(H,13,14). The van der Waals surface area contributed by atoms with Crippen LogP contribution in [-0.2, 0) is 0 Å². The largest absolute Gasteiger partial charge is 0.358 e. The fourth-order valence-corrected chi connectivity index (χ4v) is 1.60. The molecule has 1 aromatic heterocycles. The molecule has 0 atom stereocenters. The molecule has 0 amide bonds. The summed E-state index contributed by atoms with van der Waals surface area (Å²) in [6.07, 6.45) is 1.98. The zero-order valence-corrected chi connectivity index (χ0v) is 9.42. The van der Waals surface area contributed by atoms with Crippen molar-refractivity contribution in [1.82, 2.24) is 9.55 Å². The minimum atomic E-state index is 0.738. The third-order valence-electron chi connectivity index (χ3n) is 2.15. The van der Waals surface area contributed by atoms with E-state index < -0.39 is 0 Å². The van der Waals surface area contributed by atoms with Gasteiger partial charge in [0.15, 0.2) is 0 Å². The Morgan fingerprint density at radius 1 is 1.27 bits per heavy atom. The molecule has 0 bridgehead atoms. The van der Waals surface area contributed by atoms with Crippen LogP contribution >= 0.6 is 11.6 Å². The van der Waals surface area contributed by atoms with E-state index in [1.807, 2.05) is 49.0 Å². The van der Waals surface area contributed by atoms with Gasteiger partial charge in [-0.15, -0.1) is 0 Å². The second-order valence-electron chi connectivity index (χ2n) is 3.30. The van der Waals surface area contributed by atoms with Crippen LogP contribution in [0.3, 0.4) is 0 Å². The first-order chi connectivity index (χ1) is 7.20. The Bertz CT molecular complexity index is 459. The van der Waals surface area contributed by atoms with E-state index in [0.29, 0.717) is 0 Å². The molecule has 1 heterocycles. The topological polar surface area (TPSA) is 29.9 Å². The van der Waals surface area contributed by atoms with E-state index in [9.17, 15) is 0 Å². The number of nitrogens with one attached hydrogen (secondary N) is 1. The summed E-state index contributed by atoms with van der Waals surface area (Å²) in [5, 5.41) is 3.79. The second-order valence-corrected chi connectivity index (χ2v) is 3.74. The molecule has 0 saturated carbocycles. The van der Waals surface area contributed by atoms with Gasteiger partial charge in [-0.1, -0.05) is 11.6 Å². The number of anilines is 1. The highest BCUT2D eigenvalue weighted by atomic mass is 35.5. The summed E-state index contributed by atoms with van der Waals surface area (Å²) in [7, 11) is 1.86. The molecule has 0 radical (unpaired) electrons. The van der Waals surface area contributed by atoms with Gasteiger partial charge in [-0.05, 0) is 31.2 Å². The fraction of sp³-hybridized carbons (Fsp3) is 0.182. The first-order valence-electron chi connectivity index (χ1n) is 4.70. The molecule has 0 aliphatic carbocycles. The Labute approximate surface area is 93.7 Å². The molecule has 0 spiro atoms. The van der Waals surface area contributed by atoms with E-state index in [4.69, 9.17) is 11.6 Å². The summed E-state index contributed by atoms with van der Waals surface area (Å²) < 4.78 is 1.99. The van der Waals surface area contributed by atoms with Crippen molar-refractivity contribution in [2.45, 2.75) is 6.92 Å². The van der Waals surface area contributed by atoms with Gasteiger partial charge >= 0.3 is 0 Å². The van der Waals surface area contributed by atoms with Gasteiger partial charge in [0.05, 0.1) is 5.69 Å². The van der Waals surface area contributed by atoms with Crippen molar-refractivity contribution in [2.75, 3.05) is 12.4 Å². The molecule has 78 valence electrons. The quantitative estimate of drug-likeness (QED) is 0.845. The summed E-state index contributed by atoms with van der Waals surface area (Å²) in [6.45, 7) is 1.97. The van der Waals surface area contributed by atoms with Crippen LogP contribution in [-0.4, -0.2) is 16.6 Å². The number of aryl methyl sites for hydroxylation is 1. The van der Waals surface area contributed by atoms with Crippen LogP contribution < -0.4 is 5.32 Å². The van der Waals surface area contributed by atoms with E-state index >= 15 is 0 Å². The van der Waals surface area contributed by atoms with Crippen LogP contribution in [0, 0.1) is 6.92 Å². The van der Waals surface area contributed by atoms with Crippen LogP contribution in [0.1, 0.15) is 5.69 Å². The molecule has 15 heavy (non-hydrogen) atoms. The molecule has 0 fully saturated rings. The van der Waals surface area contributed by atoms with E-state index in [0.717, 1.165) is 22.4 Å². The molecular formula is C11H12ClN3. The average Bonchev–Trinajstić information content (AvgIpc) is 2.61. The summed E-state index contributed by atoms with van der Waals surface area (Å²) in [6, 6.07) is 7.66.